The van der Waals surface area contributed by atoms with Gasteiger partial charge in [-0.25, -0.2) is 0 Å². The summed E-state index contributed by atoms with van der Waals surface area (Å²) in [4.78, 5) is 23.8. The third kappa shape index (κ3) is 9.43. The van der Waals surface area contributed by atoms with E-state index in [1.807, 2.05) is 0 Å². The second kappa shape index (κ2) is 15.4. The highest BCUT2D eigenvalue weighted by molar-refractivity contribution is 7.85. The Morgan fingerprint density at radius 2 is 1.45 bits per heavy atom. The maximum Gasteiger partial charge on any atom is 0.267 e. The highest BCUT2D eigenvalue weighted by Gasteiger charge is 2.51. The molecular weight excluding hydrogens is 596 g/mol. The zero-order valence-electron chi connectivity index (χ0n) is 22.9. The summed E-state index contributed by atoms with van der Waals surface area (Å²) in [5.74, 6) is -2.97. The molecule has 2 heterocycles. The van der Waals surface area contributed by atoms with Crippen LogP contribution in [0, 0.1) is 0 Å². The van der Waals surface area contributed by atoms with Gasteiger partial charge in [-0.3, -0.25) is 14.1 Å². The van der Waals surface area contributed by atoms with Crippen LogP contribution in [0.2, 0.25) is 0 Å². The van der Waals surface area contributed by atoms with E-state index in [1.165, 1.54) is 6.92 Å². The number of hydrogen-bond acceptors (Lipinski definition) is 16. The number of nitrogens with one attached hydrogen (secondary N) is 2. The molecule has 19 nitrogen and oxygen atoms in total. The van der Waals surface area contributed by atoms with Gasteiger partial charge in [-0.1, -0.05) is 0 Å². The number of carbonyl (C=O) groups is 2. The largest absolute Gasteiger partial charge is 0.394 e. The van der Waals surface area contributed by atoms with Gasteiger partial charge in [-0.05, 0) is 6.92 Å². The van der Waals surface area contributed by atoms with Crippen molar-refractivity contribution in [3.8, 4) is 0 Å². The smallest absolute Gasteiger partial charge is 0.267 e. The van der Waals surface area contributed by atoms with Crippen molar-refractivity contribution in [2.45, 2.75) is 106 Å². The van der Waals surface area contributed by atoms with E-state index < -0.39 is 127 Å². The zero-order chi connectivity index (χ0) is 32.1. The van der Waals surface area contributed by atoms with E-state index in [2.05, 4.69) is 10.6 Å². The van der Waals surface area contributed by atoms with Gasteiger partial charge in [0.05, 0.1) is 31.5 Å². The lowest BCUT2D eigenvalue weighted by atomic mass is 9.95. The highest BCUT2D eigenvalue weighted by Crippen LogP contribution is 2.29. The van der Waals surface area contributed by atoms with E-state index in [0.29, 0.717) is 0 Å². The molecular formula is C22H40N2O17S. The molecule has 42 heavy (non-hydrogen) atoms. The lowest BCUT2D eigenvalue weighted by molar-refractivity contribution is -0.335. The van der Waals surface area contributed by atoms with Gasteiger partial charge >= 0.3 is 0 Å². The summed E-state index contributed by atoms with van der Waals surface area (Å²) in [6.07, 6.45) is -21.7. The predicted octanol–water partition coefficient (Wildman–Crippen LogP) is -6.73. The van der Waals surface area contributed by atoms with Gasteiger partial charge in [0.2, 0.25) is 11.8 Å². The minimum atomic E-state index is -4.96. The fourth-order valence-electron chi connectivity index (χ4n) is 4.61. The summed E-state index contributed by atoms with van der Waals surface area (Å²) in [6, 6.07) is -3.21. The van der Waals surface area contributed by atoms with Crippen LogP contribution < -0.4 is 10.6 Å². The minimum Gasteiger partial charge on any atom is -0.394 e. The van der Waals surface area contributed by atoms with Gasteiger partial charge in [0.1, 0.15) is 60.6 Å². The number of aliphatic hydroxyl groups excluding tert-OH is 8. The van der Waals surface area contributed by atoms with Gasteiger partial charge < -0.3 is 70.4 Å². The summed E-state index contributed by atoms with van der Waals surface area (Å²) in [5.41, 5.74) is 0. The Morgan fingerprint density at radius 3 is 1.95 bits per heavy atom. The van der Waals surface area contributed by atoms with Crippen molar-refractivity contribution in [3.63, 3.8) is 0 Å². The van der Waals surface area contributed by atoms with Gasteiger partial charge in [0.15, 0.2) is 12.6 Å². The monoisotopic (exact) mass is 636 g/mol. The quantitative estimate of drug-likeness (QED) is 0.0837. The van der Waals surface area contributed by atoms with Gasteiger partial charge in [-0.15, -0.1) is 0 Å². The first-order valence-electron chi connectivity index (χ1n) is 12.8. The predicted molar refractivity (Wildman–Crippen MR) is 135 cm³/mol. The number of hydrogen-bond donors (Lipinski definition) is 11. The second-order valence-electron chi connectivity index (χ2n) is 10.1. The molecule has 11 N–H and O–H groups in total. The van der Waals surface area contributed by atoms with Crippen molar-refractivity contribution in [3.05, 3.63) is 0 Å². The number of ether oxygens (including phenoxy) is 4. The number of rotatable bonds is 13. The molecule has 0 bridgehead atoms. The molecule has 2 fully saturated rings. The first kappa shape index (κ1) is 36.6. The molecule has 2 rings (SSSR count). The molecule has 246 valence electrons. The lowest BCUT2D eigenvalue weighted by Crippen LogP contribution is -2.67. The zero-order valence-corrected chi connectivity index (χ0v) is 23.7. The molecule has 0 unspecified atom stereocenters. The first-order chi connectivity index (χ1) is 19.4. The van der Waals surface area contributed by atoms with E-state index in [-0.39, 0.29) is 0 Å². The van der Waals surface area contributed by atoms with Gasteiger partial charge in [-0.2, -0.15) is 8.42 Å². The molecule has 0 aromatic carbocycles. The second-order valence-corrected chi connectivity index (χ2v) is 11.6. The number of carbonyl (C=O) groups excluding carboxylic acids is 2. The summed E-state index contributed by atoms with van der Waals surface area (Å²) < 4.78 is 55.2. The Balaban J connectivity index is 2.61. The fourth-order valence-corrected chi connectivity index (χ4v) is 5.24. The van der Waals surface area contributed by atoms with Crippen molar-refractivity contribution in [1.82, 2.24) is 10.6 Å². The van der Waals surface area contributed by atoms with Crippen LogP contribution in [-0.4, -0.2) is 170 Å². The van der Waals surface area contributed by atoms with Gasteiger partial charge in [0.25, 0.3) is 10.1 Å². The Hall–Kier alpha value is -1.63. The fraction of sp³-hybridized carbons (Fsp3) is 0.909. The minimum absolute atomic E-state index is 0.763. The summed E-state index contributed by atoms with van der Waals surface area (Å²) in [5, 5.41) is 86.8. The topological polar surface area (TPSA) is 311 Å². The number of amides is 2. The van der Waals surface area contributed by atoms with Crippen molar-refractivity contribution < 1.29 is 82.4 Å². The van der Waals surface area contributed by atoms with Crippen molar-refractivity contribution in [2.75, 3.05) is 19.0 Å². The summed E-state index contributed by atoms with van der Waals surface area (Å²) in [7, 11) is -4.96. The van der Waals surface area contributed by atoms with Crippen molar-refractivity contribution in [2.24, 2.45) is 0 Å². The van der Waals surface area contributed by atoms with Crippen LogP contribution in [0.1, 0.15) is 20.8 Å². The molecule has 0 aromatic heterocycles. The van der Waals surface area contributed by atoms with Crippen LogP contribution in [0.15, 0.2) is 0 Å². The molecule has 2 amide bonds. The molecule has 2 saturated heterocycles. The molecule has 0 radical (unpaired) electrons. The van der Waals surface area contributed by atoms with Crippen LogP contribution >= 0.6 is 0 Å². The average molecular weight is 637 g/mol. The highest BCUT2D eigenvalue weighted by atomic mass is 32.2. The molecule has 14 atom stereocenters. The molecule has 2 aliphatic rings. The van der Waals surface area contributed by atoms with Crippen LogP contribution in [0.5, 0.6) is 0 Å². The van der Waals surface area contributed by atoms with Crippen LogP contribution in [-0.2, 0) is 38.7 Å². The molecule has 20 heteroatoms. The van der Waals surface area contributed by atoms with E-state index in [4.69, 9.17) is 18.9 Å². The van der Waals surface area contributed by atoms with Crippen LogP contribution in [0.4, 0.5) is 0 Å². The third-order valence-electron chi connectivity index (χ3n) is 6.71. The molecule has 0 spiro atoms. The SMILES string of the molecule is CC(=O)N[C@H]1[C@H](O[C@@H]([C@H](O[C@@H]2O[C@@H](C)[C@@H](O)[C@@H](O)[C@@H]2O)[C@H](CO)NC(C)=O)[C@H](O)CS(=O)(=O)O)O[C@H](CO)[C@H](O)[C@@H]1O. The van der Waals surface area contributed by atoms with Gasteiger partial charge in [0, 0.05) is 13.8 Å². The van der Waals surface area contributed by atoms with E-state index in [0.717, 1.165) is 13.8 Å². The molecule has 0 aromatic rings. The summed E-state index contributed by atoms with van der Waals surface area (Å²) >= 11 is 0. The van der Waals surface area contributed by atoms with Crippen LogP contribution in [0.25, 0.3) is 0 Å². The average Bonchev–Trinajstić information content (AvgIpc) is 2.88. The maximum absolute atomic E-state index is 11.9. The third-order valence-corrected chi connectivity index (χ3v) is 7.47. The van der Waals surface area contributed by atoms with Crippen molar-refractivity contribution in [1.29, 1.82) is 0 Å². The Kier molecular flexibility index (Phi) is 13.4. The Morgan fingerprint density at radius 1 is 0.857 bits per heavy atom. The summed E-state index contributed by atoms with van der Waals surface area (Å²) in [6.45, 7) is 1.51. The van der Waals surface area contributed by atoms with E-state index >= 15 is 0 Å². The van der Waals surface area contributed by atoms with Crippen molar-refractivity contribution >= 4 is 21.9 Å². The Bertz CT molecular complexity index is 1000. The van der Waals surface area contributed by atoms with E-state index in [1.54, 1.807) is 0 Å². The lowest BCUT2D eigenvalue weighted by Gasteiger charge is -2.46. The Labute approximate surface area is 240 Å². The maximum atomic E-state index is 11.9. The first-order valence-corrected chi connectivity index (χ1v) is 14.4. The van der Waals surface area contributed by atoms with E-state index in [9.17, 15) is 63.4 Å². The standard InChI is InChI=1S/C22H40N2O17S/c1-7-14(30)17(33)18(34)22(38-7)40-19(10(4-25)23-8(2)27)20(11(29)6-42(35,36)37)41-21-13(24-9(3)28)16(32)15(31)12(5-26)39-21/h7,10-22,25-26,29-34H,4-6H2,1-3H3,(H,23,27)(H,24,28)(H,35,36,37)/t7-,10-,11+,12+,13+,14+,15-,16+,17+,18-,19+,20+,21-,22-/m0/s1. The molecule has 2 aliphatic heterocycles. The molecule has 0 saturated carbocycles. The van der Waals surface area contributed by atoms with Crippen LogP contribution in [0.3, 0.4) is 0 Å². The number of aliphatic hydroxyl groups is 8. The molecule has 0 aliphatic carbocycles. The normalized spacial score (nSPS) is 36.9.